The second-order valence-corrected chi connectivity index (χ2v) is 6.37. The van der Waals surface area contributed by atoms with Crippen molar-refractivity contribution in [1.29, 1.82) is 0 Å². The lowest BCUT2D eigenvalue weighted by Crippen LogP contribution is -2.43. The van der Waals surface area contributed by atoms with Crippen LogP contribution in [0.5, 0.6) is 0 Å². The average molecular weight is 319 g/mol. The molecule has 1 aliphatic heterocycles. The van der Waals surface area contributed by atoms with E-state index in [1.807, 2.05) is 54.3 Å². The zero-order valence-electron chi connectivity index (χ0n) is 14.2. The van der Waals surface area contributed by atoms with Crippen molar-refractivity contribution in [2.75, 3.05) is 6.54 Å². The Kier molecular flexibility index (Phi) is 4.26. The molecular formula is C20H21N3O. The molecule has 4 nitrogen and oxygen atoms in total. The summed E-state index contributed by atoms with van der Waals surface area (Å²) in [4.78, 5) is 18.5. The summed E-state index contributed by atoms with van der Waals surface area (Å²) in [5.74, 6) is 6.24. The third-order valence-electron chi connectivity index (χ3n) is 4.44. The number of aromatic nitrogens is 1. The van der Waals surface area contributed by atoms with Crippen LogP contribution in [0.1, 0.15) is 43.6 Å². The van der Waals surface area contributed by atoms with Crippen LogP contribution in [0.3, 0.4) is 0 Å². The molecule has 2 heterocycles. The first-order chi connectivity index (χ1) is 11.5. The molecule has 0 saturated carbocycles. The largest absolute Gasteiger partial charge is 0.327 e. The Hall–Kier alpha value is -2.80. The number of carbonyl (C=O) groups is 1. The molecule has 1 fully saturated rings. The number of hydrogen-bond donors (Lipinski definition) is 1. The van der Waals surface area contributed by atoms with Crippen molar-refractivity contribution in [3.63, 3.8) is 0 Å². The highest BCUT2D eigenvalue weighted by atomic mass is 16.2. The second-order valence-electron chi connectivity index (χ2n) is 6.37. The third kappa shape index (κ3) is 2.98. The predicted molar refractivity (Wildman–Crippen MR) is 94.4 cm³/mol. The third-order valence-corrected chi connectivity index (χ3v) is 4.44. The van der Waals surface area contributed by atoms with Crippen LogP contribution in [-0.2, 0) is 0 Å². The zero-order valence-corrected chi connectivity index (χ0v) is 14.2. The first kappa shape index (κ1) is 16.1. The summed E-state index contributed by atoms with van der Waals surface area (Å²) < 4.78 is 0. The van der Waals surface area contributed by atoms with Crippen LogP contribution >= 0.6 is 0 Å². The van der Waals surface area contributed by atoms with Gasteiger partial charge in [-0.3, -0.25) is 4.98 Å². The van der Waals surface area contributed by atoms with Crippen molar-refractivity contribution in [3.8, 4) is 11.8 Å². The number of urea groups is 1. The summed E-state index contributed by atoms with van der Waals surface area (Å²) in [5.41, 5.74) is 2.38. The van der Waals surface area contributed by atoms with E-state index in [1.165, 1.54) is 0 Å². The summed E-state index contributed by atoms with van der Waals surface area (Å²) in [5, 5.41) is 3.03. The quantitative estimate of drug-likeness (QED) is 0.863. The Morgan fingerprint density at radius 2 is 1.83 bits per heavy atom. The summed E-state index contributed by atoms with van der Waals surface area (Å²) in [6.45, 7) is 6.78. The maximum absolute atomic E-state index is 12.1. The summed E-state index contributed by atoms with van der Waals surface area (Å²) >= 11 is 0. The maximum atomic E-state index is 12.1. The highest BCUT2D eigenvalue weighted by Gasteiger charge is 2.46. The number of nitrogens with one attached hydrogen (secondary N) is 1. The topological polar surface area (TPSA) is 45.2 Å². The van der Waals surface area contributed by atoms with Gasteiger partial charge in [-0.05, 0) is 45.0 Å². The van der Waals surface area contributed by atoms with Crippen LogP contribution in [0, 0.1) is 11.8 Å². The van der Waals surface area contributed by atoms with Crippen LogP contribution < -0.4 is 5.32 Å². The lowest BCUT2D eigenvalue weighted by Gasteiger charge is -2.33. The Balaban J connectivity index is 1.81. The molecule has 24 heavy (non-hydrogen) atoms. The first-order valence-electron chi connectivity index (χ1n) is 8.13. The first-order valence-corrected chi connectivity index (χ1v) is 8.13. The number of nitrogens with zero attached hydrogens (tertiary/aromatic N) is 2. The van der Waals surface area contributed by atoms with Crippen molar-refractivity contribution in [2.45, 2.75) is 32.4 Å². The molecule has 1 saturated heterocycles. The average Bonchev–Trinajstić information content (AvgIpc) is 2.83. The molecule has 2 aromatic rings. The van der Waals surface area contributed by atoms with Crippen molar-refractivity contribution in [3.05, 3.63) is 65.5 Å². The monoisotopic (exact) mass is 319 g/mol. The summed E-state index contributed by atoms with van der Waals surface area (Å²) in [7, 11) is 0. The molecule has 1 unspecified atom stereocenters. The van der Waals surface area contributed by atoms with Gasteiger partial charge in [0.15, 0.2) is 0 Å². The molecule has 3 rings (SSSR count). The molecule has 1 aromatic carbocycles. The van der Waals surface area contributed by atoms with Gasteiger partial charge in [0.05, 0.1) is 17.3 Å². The van der Waals surface area contributed by atoms with Crippen molar-refractivity contribution in [1.82, 2.24) is 15.2 Å². The molecule has 0 spiro atoms. The molecule has 122 valence electrons. The van der Waals surface area contributed by atoms with Gasteiger partial charge in [0.1, 0.15) is 0 Å². The minimum absolute atomic E-state index is 0.0396. The van der Waals surface area contributed by atoms with Crippen molar-refractivity contribution in [2.24, 2.45) is 0 Å². The van der Waals surface area contributed by atoms with E-state index in [4.69, 9.17) is 0 Å². The van der Waals surface area contributed by atoms with E-state index in [9.17, 15) is 4.79 Å². The number of pyridine rings is 1. The second kappa shape index (κ2) is 6.37. The Morgan fingerprint density at radius 3 is 2.42 bits per heavy atom. The summed E-state index contributed by atoms with van der Waals surface area (Å²) in [6.07, 6.45) is 1.77. The van der Waals surface area contributed by atoms with Gasteiger partial charge in [-0.25, -0.2) is 4.79 Å². The van der Waals surface area contributed by atoms with E-state index in [0.29, 0.717) is 6.54 Å². The van der Waals surface area contributed by atoms with Crippen LogP contribution in [-0.4, -0.2) is 28.0 Å². The molecule has 2 amide bonds. The Labute approximate surface area is 142 Å². The summed E-state index contributed by atoms with van der Waals surface area (Å²) in [6, 6.07) is 13.6. The van der Waals surface area contributed by atoms with Crippen molar-refractivity contribution < 1.29 is 4.79 Å². The van der Waals surface area contributed by atoms with Crippen molar-refractivity contribution >= 4 is 6.03 Å². The van der Waals surface area contributed by atoms with Gasteiger partial charge >= 0.3 is 6.03 Å². The van der Waals surface area contributed by atoms with E-state index in [0.717, 1.165) is 16.8 Å². The molecule has 1 N–H and O–H groups in total. The van der Waals surface area contributed by atoms with Crippen LogP contribution in [0.4, 0.5) is 4.79 Å². The maximum Gasteiger partial charge on any atom is 0.318 e. The molecular weight excluding hydrogens is 298 g/mol. The van der Waals surface area contributed by atoms with Gasteiger partial charge in [0.2, 0.25) is 0 Å². The molecule has 0 aliphatic carbocycles. The van der Waals surface area contributed by atoms with Gasteiger partial charge < -0.3 is 10.2 Å². The molecule has 0 radical (unpaired) electrons. The highest BCUT2D eigenvalue weighted by Crippen LogP contribution is 2.35. The molecule has 1 aliphatic rings. The van der Waals surface area contributed by atoms with Gasteiger partial charge in [0, 0.05) is 23.9 Å². The molecule has 4 heteroatoms. The van der Waals surface area contributed by atoms with Gasteiger partial charge in [-0.1, -0.05) is 30.0 Å². The lowest BCUT2D eigenvalue weighted by atomic mass is 9.92. The van der Waals surface area contributed by atoms with Gasteiger partial charge in [0.25, 0.3) is 0 Å². The standard InChI is InChI=1S/C20H21N3O/c1-4-23-19(24)22-18(20(23,2)3)17-13-12-16(14-21-17)11-10-15-8-6-5-7-9-15/h5-9,12-14,18H,4H2,1-3H3,(H,22,24). The van der Waals surface area contributed by atoms with E-state index in [-0.39, 0.29) is 17.6 Å². The smallest absolute Gasteiger partial charge is 0.318 e. The van der Waals surface area contributed by atoms with E-state index < -0.39 is 0 Å². The molecule has 1 atom stereocenters. The lowest BCUT2D eigenvalue weighted by molar-refractivity contribution is 0.169. The highest BCUT2D eigenvalue weighted by molar-refractivity contribution is 5.78. The van der Waals surface area contributed by atoms with E-state index >= 15 is 0 Å². The normalized spacial score (nSPS) is 18.7. The fraction of sp³-hybridized carbons (Fsp3) is 0.300. The number of benzene rings is 1. The fourth-order valence-electron chi connectivity index (χ4n) is 3.10. The van der Waals surface area contributed by atoms with E-state index in [2.05, 4.69) is 36.0 Å². The Morgan fingerprint density at radius 1 is 1.12 bits per heavy atom. The van der Waals surface area contributed by atoms with Gasteiger partial charge in [-0.2, -0.15) is 0 Å². The fourth-order valence-corrected chi connectivity index (χ4v) is 3.10. The SMILES string of the molecule is CCN1C(=O)NC(c2ccc(C#Cc3ccccc3)cn2)C1(C)C. The van der Waals surface area contributed by atoms with E-state index in [1.54, 1.807) is 6.20 Å². The number of amides is 2. The molecule has 0 bridgehead atoms. The van der Waals surface area contributed by atoms with Gasteiger partial charge in [-0.15, -0.1) is 0 Å². The number of likely N-dealkylation sites (N-methyl/N-ethyl adjacent to an activating group) is 1. The number of hydrogen-bond acceptors (Lipinski definition) is 2. The minimum atomic E-state index is -0.309. The molecule has 1 aromatic heterocycles. The van der Waals surface area contributed by atoms with Crippen LogP contribution in [0.2, 0.25) is 0 Å². The van der Waals surface area contributed by atoms with Crippen LogP contribution in [0.25, 0.3) is 0 Å². The predicted octanol–water partition coefficient (Wildman–Crippen LogP) is 3.35. The minimum Gasteiger partial charge on any atom is -0.327 e. The number of carbonyl (C=O) groups excluding carboxylic acids is 1. The Bertz CT molecular complexity index is 785. The number of rotatable bonds is 2. The zero-order chi connectivity index (χ0) is 17.2. The van der Waals surface area contributed by atoms with Crippen LogP contribution in [0.15, 0.2) is 48.7 Å².